The summed E-state index contributed by atoms with van der Waals surface area (Å²) in [7, 11) is 3.17. The van der Waals surface area contributed by atoms with Crippen LogP contribution in [0.25, 0.3) is 17.3 Å². The molecule has 0 bridgehead atoms. The summed E-state index contributed by atoms with van der Waals surface area (Å²) in [5.41, 5.74) is 4.49. The summed E-state index contributed by atoms with van der Waals surface area (Å²) in [5.74, 6) is 2.06. The van der Waals surface area contributed by atoms with Crippen LogP contribution < -0.4 is 24.3 Å². The van der Waals surface area contributed by atoms with Crippen molar-refractivity contribution in [1.29, 1.82) is 0 Å². The van der Waals surface area contributed by atoms with Gasteiger partial charge in [-0.25, -0.2) is 9.37 Å². The first-order valence-electron chi connectivity index (χ1n) is 15.5. The number of amides is 1. The van der Waals surface area contributed by atoms with E-state index in [4.69, 9.17) is 40.3 Å². The van der Waals surface area contributed by atoms with Crippen molar-refractivity contribution in [3.05, 3.63) is 106 Å². The van der Waals surface area contributed by atoms with Gasteiger partial charge in [0.25, 0.3) is 5.91 Å². The molecule has 4 aromatic rings. The third-order valence-electron chi connectivity index (χ3n) is 8.23. The fourth-order valence-corrected chi connectivity index (χ4v) is 5.73. The second-order valence-corrected chi connectivity index (χ2v) is 11.8. The van der Waals surface area contributed by atoms with Crippen molar-refractivity contribution in [3.63, 3.8) is 0 Å². The molecular formula is C37H36ClFN2O6. The molecule has 1 saturated carbocycles. The van der Waals surface area contributed by atoms with E-state index in [0.717, 1.165) is 35.4 Å². The SMILES string of the molecule is COc1ccc(COCCOc2ccc(C(=O)NCC(c3cc4c(c(-c5ccc(F)c(Cl)c5)n3)OCC=C4)C3CC3)cc2OC)cc1. The monoisotopic (exact) mass is 658 g/mol. The Morgan fingerprint density at radius 3 is 2.60 bits per heavy atom. The molecule has 47 heavy (non-hydrogen) atoms. The van der Waals surface area contributed by atoms with Crippen LogP contribution in [0, 0.1) is 11.7 Å². The number of rotatable bonds is 14. The summed E-state index contributed by atoms with van der Waals surface area (Å²) in [4.78, 5) is 18.3. The second kappa shape index (κ2) is 14.9. The molecule has 1 amide bonds. The van der Waals surface area contributed by atoms with Crippen LogP contribution in [-0.4, -0.2) is 51.5 Å². The zero-order valence-electron chi connectivity index (χ0n) is 26.3. The van der Waals surface area contributed by atoms with Crippen molar-refractivity contribution < 1.29 is 32.9 Å². The molecule has 244 valence electrons. The summed E-state index contributed by atoms with van der Waals surface area (Å²) < 4.78 is 42.2. The number of carbonyl (C=O) groups excluding carboxylic acids is 1. The minimum atomic E-state index is -0.495. The first kappa shape index (κ1) is 32.3. The topological polar surface area (TPSA) is 88.1 Å². The maximum atomic E-state index is 14.0. The van der Waals surface area contributed by atoms with E-state index in [-0.39, 0.29) is 16.8 Å². The van der Waals surface area contributed by atoms with Gasteiger partial charge in [-0.1, -0.05) is 29.8 Å². The Morgan fingerprint density at radius 2 is 1.85 bits per heavy atom. The minimum Gasteiger partial charge on any atom is -0.497 e. The predicted molar refractivity (Wildman–Crippen MR) is 178 cm³/mol. The first-order chi connectivity index (χ1) is 22.9. The third kappa shape index (κ3) is 7.86. The molecule has 1 fully saturated rings. The molecule has 1 aliphatic carbocycles. The molecule has 1 aliphatic heterocycles. The fraction of sp³-hybridized carbons (Fsp3) is 0.297. The molecule has 2 heterocycles. The largest absolute Gasteiger partial charge is 0.497 e. The van der Waals surface area contributed by atoms with E-state index in [9.17, 15) is 9.18 Å². The first-order valence-corrected chi connectivity index (χ1v) is 15.9. The Bertz CT molecular complexity index is 1760. The lowest BCUT2D eigenvalue weighted by Gasteiger charge is -2.22. The van der Waals surface area contributed by atoms with Gasteiger partial charge in [-0.2, -0.15) is 0 Å². The van der Waals surface area contributed by atoms with Gasteiger partial charge in [-0.05, 0) is 85.0 Å². The van der Waals surface area contributed by atoms with Gasteiger partial charge in [0, 0.05) is 34.8 Å². The van der Waals surface area contributed by atoms with Crippen LogP contribution >= 0.6 is 11.6 Å². The number of fused-ring (bicyclic) bond motifs is 1. The van der Waals surface area contributed by atoms with Crippen molar-refractivity contribution in [3.8, 4) is 34.3 Å². The van der Waals surface area contributed by atoms with Gasteiger partial charge in [0.05, 0.1) is 32.5 Å². The number of halogens is 2. The molecule has 10 heteroatoms. The Hall–Kier alpha value is -4.60. The molecule has 6 rings (SSSR count). The average Bonchev–Trinajstić information content (AvgIpc) is 3.95. The van der Waals surface area contributed by atoms with Crippen LogP contribution in [0.3, 0.4) is 0 Å². The van der Waals surface area contributed by atoms with Crippen LogP contribution in [-0.2, 0) is 11.3 Å². The van der Waals surface area contributed by atoms with E-state index < -0.39 is 5.82 Å². The highest BCUT2D eigenvalue weighted by Gasteiger charge is 2.35. The standard InChI is InChI=1S/C37H36ClFN2O6/c1-43-28-11-5-23(6-12-28)22-45-16-17-46-33-14-10-27(20-34(33)44-2)37(42)40-21-29(24-7-8-24)32-19-26-4-3-15-47-36(26)35(41-32)25-9-13-31(39)30(38)18-25/h3-6,9-14,18-20,24,29H,7-8,15-17,21-22H2,1-2H3,(H,40,42). The molecule has 0 saturated heterocycles. The number of aromatic nitrogens is 1. The Kier molecular flexibility index (Phi) is 10.2. The van der Waals surface area contributed by atoms with Crippen LogP contribution in [0.4, 0.5) is 4.39 Å². The van der Waals surface area contributed by atoms with E-state index in [2.05, 4.69) is 5.32 Å². The number of carbonyl (C=O) groups is 1. The van der Waals surface area contributed by atoms with Crippen molar-refractivity contribution in [2.24, 2.45) is 5.92 Å². The van der Waals surface area contributed by atoms with Crippen LogP contribution in [0.1, 0.15) is 45.9 Å². The smallest absolute Gasteiger partial charge is 0.251 e. The highest BCUT2D eigenvalue weighted by molar-refractivity contribution is 6.31. The predicted octanol–water partition coefficient (Wildman–Crippen LogP) is 7.48. The second-order valence-electron chi connectivity index (χ2n) is 11.4. The van der Waals surface area contributed by atoms with Crippen molar-refractivity contribution in [2.45, 2.75) is 25.4 Å². The number of ether oxygens (including phenoxy) is 5. The number of hydrogen-bond acceptors (Lipinski definition) is 7. The Balaban J connectivity index is 1.10. The van der Waals surface area contributed by atoms with Gasteiger partial charge < -0.3 is 29.0 Å². The van der Waals surface area contributed by atoms with Gasteiger partial charge in [0.2, 0.25) is 0 Å². The Labute approximate surface area is 278 Å². The van der Waals surface area contributed by atoms with Gasteiger partial charge in [0.1, 0.15) is 30.5 Å². The maximum Gasteiger partial charge on any atom is 0.251 e. The van der Waals surface area contributed by atoms with E-state index in [1.807, 2.05) is 42.5 Å². The molecule has 1 unspecified atom stereocenters. The number of benzene rings is 3. The number of hydrogen-bond donors (Lipinski definition) is 1. The van der Waals surface area contributed by atoms with Crippen LogP contribution in [0.5, 0.6) is 23.0 Å². The summed E-state index contributed by atoms with van der Waals surface area (Å²) in [6.45, 7) is 1.98. The normalized spacial score (nSPS) is 14.1. The lowest BCUT2D eigenvalue weighted by atomic mass is 9.95. The fourth-order valence-electron chi connectivity index (χ4n) is 5.55. The van der Waals surface area contributed by atoms with Crippen molar-refractivity contribution in [2.75, 3.05) is 40.6 Å². The Morgan fingerprint density at radius 1 is 1.02 bits per heavy atom. The van der Waals surface area contributed by atoms with E-state index in [1.54, 1.807) is 44.6 Å². The molecule has 2 aliphatic rings. The average molecular weight is 659 g/mol. The van der Waals surface area contributed by atoms with Crippen molar-refractivity contribution in [1.82, 2.24) is 10.3 Å². The molecule has 1 N–H and O–H groups in total. The summed E-state index contributed by atoms with van der Waals surface area (Å²) in [6, 6.07) is 19.4. The summed E-state index contributed by atoms with van der Waals surface area (Å²) >= 11 is 6.12. The molecule has 8 nitrogen and oxygen atoms in total. The van der Waals surface area contributed by atoms with Crippen LogP contribution in [0.15, 0.2) is 72.8 Å². The lowest BCUT2D eigenvalue weighted by molar-refractivity contribution is 0.0878. The molecule has 0 spiro atoms. The quantitative estimate of drug-likeness (QED) is 0.141. The van der Waals surface area contributed by atoms with Gasteiger partial charge in [0.15, 0.2) is 17.2 Å². The van der Waals surface area contributed by atoms with E-state index >= 15 is 0 Å². The summed E-state index contributed by atoms with van der Waals surface area (Å²) in [6.07, 6.45) is 6.04. The zero-order chi connectivity index (χ0) is 32.8. The number of pyridine rings is 1. The third-order valence-corrected chi connectivity index (χ3v) is 8.52. The molecule has 1 aromatic heterocycles. The van der Waals surface area contributed by atoms with E-state index in [0.29, 0.717) is 73.0 Å². The van der Waals surface area contributed by atoms with Gasteiger partial charge >= 0.3 is 0 Å². The summed E-state index contributed by atoms with van der Waals surface area (Å²) in [5, 5.41) is 3.12. The minimum absolute atomic E-state index is 0.0170. The zero-order valence-corrected chi connectivity index (χ0v) is 27.0. The molecule has 1 atom stereocenters. The van der Waals surface area contributed by atoms with E-state index in [1.165, 1.54) is 6.07 Å². The van der Waals surface area contributed by atoms with Crippen LogP contribution in [0.2, 0.25) is 5.02 Å². The van der Waals surface area contributed by atoms with Gasteiger partial charge in [-0.15, -0.1) is 0 Å². The number of nitrogens with one attached hydrogen (secondary N) is 1. The lowest BCUT2D eigenvalue weighted by Crippen LogP contribution is -2.29. The number of nitrogens with zero attached hydrogens (tertiary/aromatic N) is 1. The number of methoxy groups -OCH3 is 2. The van der Waals surface area contributed by atoms with Gasteiger partial charge in [-0.3, -0.25) is 4.79 Å². The maximum absolute atomic E-state index is 14.0. The molecular weight excluding hydrogens is 623 g/mol. The molecule has 3 aromatic carbocycles. The highest BCUT2D eigenvalue weighted by Crippen LogP contribution is 2.45. The highest BCUT2D eigenvalue weighted by atomic mass is 35.5. The van der Waals surface area contributed by atoms with Crippen molar-refractivity contribution >= 4 is 23.6 Å². The molecule has 0 radical (unpaired) electrons.